The van der Waals surface area contributed by atoms with Crippen molar-refractivity contribution in [2.24, 2.45) is 0 Å². The van der Waals surface area contributed by atoms with Gasteiger partial charge in [0.15, 0.2) is 0 Å². The van der Waals surface area contributed by atoms with Gasteiger partial charge in [0.25, 0.3) is 5.91 Å². The molecule has 2 aromatic rings. The molecule has 1 atom stereocenters. The highest BCUT2D eigenvalue weighted by Gasteiger charge is 2.15. The van der Waals surface area contributed by atoms with Crippen LogP contribution in [0.1, 0.15) is 41.8 Å². The summed E-state index contributed by atoms with van der Waals surface area (Å²) in [7, 11) is 0. The summed E-state index contributed by atoms with van der Waals surface area (Å²) in [6, 6.07) is 11.0. The van der Waals surface area contributed by atoms with E-state index in [4.69, 9.17) is 9.84 Å². The van der Waals surface area contributed by atoms with E-state index in [-0.39, 0.29) is 18.2 Å². The fourth-order valence-electron chi connectivity index (χ4n) is 2.55. The summed E-state index contributed by atoms with van der Waals surface area (Å²) in [5, 5.41) is 23.7. The normalized spacial score (nSPS) is 11.3. The van der Waals surface area contributed by atoms with Gasteiger partial charge in [-0.3, -0.25) is 9.59 Å². The summed E-state index contributed by atoms with van der Waals surface area (Å²) in [5.74, 6) is -1.14. The number of nitriles is 1. The Morgan fingerprint density at radius 2 is 1.87 bits per heavy atom. The van der Waals surface area contributed by atoms with Crippen molar-refractivity contribution in [2.75, 3.05) is 11.9 Å². The number of hydrogen-bond acceptors (Lipinski definition) is 5. The molecule has 0 bridgehead atoms. The lowest BCUT2D eigenvalue weighted by atomic mass is 10.1. The second-order valence-corrected chi connectivity index (χ2v) is 8.33. The van der Waals surface area contributed by atoms with E-state index in [9.17, 15) is 14.9 Å². The average Bonchev–Trinajstić information content (AvgIpc) is 2.70. The summed E-state index contributed by atoms with van der Waals surface area (Å²) in [6.07, 6.45) is 0.953. The number of aliphatic carboxylic acids is 1. The molecule has 0 saturated heterocycles. The molecule has 0 aliphatic heterocycles. The molecule has 3 N–H and O–H groups in total. The SMILES string of the molecule is CCC(C)Nc1cc(C#N)cc(COc2c(Br)cc(C(=O)NCC(=O)O)cc2Br)c1. The Morgan fingerprint density at radius 1 is 1.20 bits per heavy atom. The number of ether oxygens (including phenoxy) is 1. The Morgan fingerprint density at radius 3 is 2.43 bits per heavy atom. The van der Waals surface area contributed by atoms with E-state index in [2.05, 4.69) is 62.4 Å². The van der Waals surface area contributed by atoms with E-state index in [1.165, 1.54) is 0 Å². The van der Waals surface area contributed by atoms with E-state index in [0.29, 0.717) is 20.3 Å². The highest BCUT2D eigenvalue weighted by Crippen LogP contribution is 2.35. The minimum Gasteiger partial charge on any atom is -0.487 e. The number of carbonyl (C=O) groups excluding carboxylic acids is 1. The molecule has 0 fully saturated rings. The lowest BCUT2D eigenvalue weighted by Gasteiger charge is -2.16. The van der Waals surface area contributed by atoms with Gasteiger partial charge >= 0.3 is 5.97 Å². The fourth-order valence-corrected chi connectivity index (χ4v) is 3.97. The number of nitrogens with one attached hydrogen (secondary N) is 2. The molecule has 158 valence electrons. The summed E-state index contributed by atoms with van der Waals surface area (Å²) in [4.78, 5) is 22.7. The molecule has 0 aliphatic carbocycles. The fraction of sp³-hybridized carbons (Fsp3) is 0.286. The summed E-state index contributed by atoms with van der Waals surface area (Å²) in [6.45, 7) is 3.90. The predicted octanol–water partition coefficient (Wildman–Crippen LogP) is 4.69. The molecule has 2 aromatic carbocycles. The lowest BCUT2D eigenvalue weighted by molar-refractivity contribution is -0.135. The molecule has 1 amide bonds. The van der Waals surface area contributed by atoms with E-state index >= 15 is 0 Å². The predicted molar refractivity (Wildman–Crippen MR) is 121 cm³/mol. The first-order valence-electron chi connectivity index (χ1n) is 9.16. The maximum atomic E-state index is 12.1. The molecule has 0 saturated carbocycles. The van der Waals surface area contributed by atoms with Crippen LogP contribution in [0.4, 0.5) is 5.69 Å². The van der Waals surface area contributed by atoms with E-state index in [0.717, 1.165) is 17.7 Å². The minimum atomic E-state index is -1.12. The molecule has 0 spiro atoms. The van der Waals surface area contributed by atoms with Crippen LogP contribution in [0.2, 0.25) is 0 Å². The number of carboxylic acid groups (broad SMARTS) is 1. The number of anilines is 1. The van der Waals surface area contributed by atoms with Gasteiger partial charge < -0.3 is 20.5 Å². The Kier molecular flexibility index (Phi) is 8.69. The zero-order chi connectivity index (χ0) is 22.3. The minimum absolute atomic E-state index is 0.215. The summed E-state index contributed by atoms with van der Waals surface area (Å²) >= 11 is 6.78. The van der Waals surface area contributed by atoms with Crippen LogP contribution in [0.5, 0.6) is 5.75 Å². The third kappa shape index (κ3) is 6.75. The monoisotopic (exact) mass is 537 g/mol. The lowest BCUT2D eigenvalue weighted by Crippen LogP contribution is -2.29. The number of halogens is 2. The third-order valence-corrected chi connectivity index (χ3v) is 5.37. The summed E-state index contributed by atoms with van der Waals surface area (Å²) < 4.78 is 6.98. The van der Waals surface area contributed by atoms with Crippen molar-refractivity contribution in [3.05, 3.63) is 56.0 Å². The van der Waals surface area contributed by atoms with Crippen LogP contribution < -0.4 is 15.4 Å². The molecule has 0 heterocycles. The highest BCUT2D eigenvalue weighted by atomic mass is 79.9. The number of rotatable bonds is 9. The van der Waals surface area contributed by atoms with E-state index in [1.807, 2.05) is 6.07 Å². The first kappa shape index (κ1) is 23.7. The van der Waals surface area contributed by atoms with Gasteiger partial charge in [-0.05, 0) is 81.1 Å². The van der Waals surface area contributed by atoms with Crippen LogP contribution in [-0.4, -0.2) is 29.6 Å². The van der Waals surface area contributed by atoms with Crippen molar-refractivity contribution in [2.45, 2.75) is 32.9 Å². The van der Waals surface area contributed by atoms with Crippen LogP contribution in [0.25, 0.3) is 0 Å². The van der Waals surface area contributed by atoms with Crippen molar-refractivity contribution in [1.29, 1.82) is 5.26 Å². The van der Waals surface area contributed by atoms with Gasteiger partial charge in [-0.25, -0.2) is 0 Å². The maximum Gasteiger partial charge on any atom is 0.322 e. The van der Waals surface area contributed by atoms with Crippen molar-refractivity contribution >= 4 is 49.4 Å². The number of carboxylic acids is 1. The van der Waals surface area contributed by atoms with Crippen molar-refractivity contribution < 1.29 is 19.4 Å². The van der Waals surface area contributed by atoms with Gasteiger partial charge in [-0.2, -0.15) is 5.26 Å². The first-order valence-corrected chi connectivity index (χ1v) is 10.7. The molecular weight excluding hydrogens is 518 g/mol. The molecule has 7 nitrogen and oxygen atoms in total. The number of nitrogens with zero attached hydrogens (tertiary/aromatic N) is 1. The Labute approximate surface area is 191 Å². The Hall–Kier alpha value is -2.57. The van der Waals surface area contributed by atoms with Crippen molar-refractivity contribution in [3.8, 4) is 11.8 Å². The average molecular weight is 539 g/mol. The maximum absolute atomic E-state index is 12.1. The smallest absolute Gasteiger partial charge is 0.322 e. The number of benzene rings is 2. The Balaban J connectivity index is 2.17. The third-order valence-electron chi connectivity index (χ3n) is 4.19. The second-order valence-electron chi connectivity index (χ2n) is 6.62. The molecule has 1 unspecified atom stereocenters. The molecule has 9 heteroatoms. The van der Waals surface area contributed by atoms with Gasteiger partial charge in [0.1, 0.15) is 18.9 Å². The van der Waals surface area contributed by atoms with Gasteiger partial charge in [-0.15, -0.1) is 0 Å². The van der Waals surface area contributed by atoms with Gasteiger partial charge in [0.05, 0.1) is 20.6 Å². The standard InChI is InChI=1S/C21H21Br2N3O4/c1-3-12(2)26-16-5-13(9-24)4-14(6-16)11-30-20-17(22)7-15(8-18(20)23)21(29)25-10-19(27)28/h4-8,12,26H,3,10-11H2,1-2H3,(H,25,29)(H,27,28). The largest absolute Gasteiger partial charge is 0.487 e. The van der Waals surface area contributed by atoms with Crippen molar-refractivity contribution in [1.82, 2.24) is 5.32 Å². The van der Waals surface area contributed by atoms with Crippen LogP contribution in [0, 0.1) is 11.3 Å². The van der Waals surface area contributed by atoms with Crippen LogP contribution in [0.3, 0.4) is 0 Å². The van der Waals surface area contributed by atoms with Gasteiger partial charge in [-0.1, -0.05) is 6.92 Å². The number of hydrogen-bond donors (Lipinski definition) is 3. The quantitative estimate of drug-likeness (QED) is 0.427. The molecule has 0 radical (unpaired) electrons. The molecule has 0 aliphatic rings. The van der Waals surface area contributed by atoms with Gasteiger partial charge in [0.2, 0.25) is 0 Å². The molecular formula is C21H21Br2N3O4. The summed E-state index contributed by atoms with van der Waals surface area (Å²) in [5.41, 5.74) is 2.49. The number of carbonyl (C=O) groups is 2. The molecule has 0 aromatic heterocycles. The van der Waals surface area contributed by atoms with Gasteiger partial charge in [0, 0.05) is 17.3 Å². The Bertz CT molecular complexity index is 966. The van der Waals surface area contributed by atoms with E-state index < -0.39 is 18.4 Å². The highest BCUT2D eigenvalue weighted by molar-refractivity contribution is 9.11. The van der Waals surface area contributed by atoms with Crippen molar-refractivity contribution in [3.63, 3.8) is 0 Å². The first-order chi connectivity index (χ1) is 14.2. The molecule has 30 heavy (non-hydrogen) atoms. The van der Waals surface area contributed by atoms with Crippen LogP contribution in [-0.2, 0) is 11.4 Å². The van der Waals surface area contributed by atoms with Crippen LogP contribution in [0.15, 0.2) is 39.3 Å². The molecule has 2 rings (SSSR count). The van der Waals surface area contributed by atoms with Crippen LogP contribution >= 0.6 is 31.9 Å². The second kappa shape index (κ2) is 11.0. The zero-order valence-corrected chi connectivity index (χ0v) is 19.6. The zero-order valence-electron chi connectivity index (χ0n) is 16.5. The van der Waals surface area contributed by atoms with E-state index in [1.54, 1.807) is 24.3 Å². The number of amides is 1. The topological polar surface area (TPSA) is 111 Å².